The van der Waals surface area contributed by atoms with Crippen molar-refractivity contribution in [3.8, 4) is 0 Å². The molecular formula is C15H31NO2S. The van der Waals surface area contributed by atoms with Crippen LogP contribution in [-0.4, -0.2) is 33.5 Å². The van der Waals surface area contributed by atoms with Crippen LogP contribution < -0.4 is 5.32 Å². The molecule has 0 unspecified atom stereocenters. The first-order valence-corrected chi connectivity index (χ1v) is 9.63. The number of rotatable bonds is 6. The van der Waals surface area contributed by atoms with Crippen LogP contribution in [0.25, 0.3) is 0 Å². The summed E-state index contributed by atoms with van der Waals surface area (Å²) in [6.07, 6.45) is 7.37. The number of nitrogens with one attached hydrogen (secondary N) is 1. The fourth-order valence-electron chi connectivity index (χ4n) is 3.00. The van der Waals surface area contributed by atoms with E-state index >= 15 is 0 Å². The van der Waals surface area contributed by atoms with Crippen molar-refractivity contribution in [2.45, 2.75) is 52.9 Å². The predicted molar refractivity (Wildman–Crippen MR) is 82.1 cm³/mol. The van der Waals surface area contributed by atoms with Gasteiger partial charge in [-0.25, -0.2) is 8.42 Å². The molecule has 0 amide bonds. The lowest BCUT2D eigenvalue weighted by atomic mass is 9.70. The molecule has 1 fully saturated rings. The second-order valence-corrected chi connectivity index (χ2v) is 9.53. The number of hydrogen-bond donors (Lipinski definition) is 1. The van der Waals surface area contributed by atoms with Crippen molar-refractivity contribution in [3.05, 3.63) is 0 Å². The zero-order valence-electron chi connectivity index (χ0n) is 13.0. The van der Waals surface area contributed by atoms with Crippen LogP contribution >= 0.6 is 0 Å². The van der Waals surface area contributed by atoms with Crippen LogP contribution in [-0.2, 0) is 9.84 Å². The molecule has 0 heterocycles. The van der Waals surface area contributed by atoms with Crippen LogP contribution in [0.15, 0.2) is 0 Å². The van der Waals surface area contributed by atoms with E-state index in [2.05, 4.69) is 26.1 Å². The molecule has 1 N–H and O–H groups in total. The largest absolute Gasteiger partial charge is 0.316 e. The Balaban J connectivity index is 2.10. The minimum Gasteiger partial charge on any atom is -0.316 e. The van der Waals surface area contributed by atoms with Crippen LogP contribution in [0.3, 0.4) is 0 Å². The van der Waals surface area contributed by atoms with Gasteiger partial charge in [-0.05, 0) is 62.4 Å². The number of hydrogen-bond acceptors (Lipinski definition) is 3. The summed E-state index contributed by atoms with van der Waals surface area (Å²) in [4.78, 5) is 0. The third-order valence-electron chi connectivity index (χ3n) is 4.37. The molecule has 0 spiro atoms. The highest BCUT2D eigenvalue weighted by atomic mass is 32.2. The van der Waals surface area contributed by atoms with Crippen molar-refractivity contribution in [3.63, 3.8) is 0 Å². The first-order valence-electron chi connectivity index (χ1n) is 7.57. The van der Waals surface area contributed by atoms with Crippen LogP contribution in [0.4, 0.5) is 0 Å². The van der Waals surface area contributed by atoms with Crippen molar-refractivity contribution in [1.82, 2.24) is 5.32 Å². The van der Waals surface area contributed by atoms with Crippen molar-refractivity contribution in [2.75, 3.05) is 25.1 Å². The highest BCUT2D eigenvalue weighted by Gasteiger charge is 2.29. The Morgan fingerprint density at radius 2 is 1.68 bits per heavy atom. The molecule has 0 aromatic heterocycles. The van der Waals surface area contributed by atoms with Gasteiger partial charge in [0.2, 0.25) is 0 Å². The van der Waals surface area contributed by atoms with Crippen molar-refractivity contribution >= 4 is 9.84 Å². The first kappa shape index (κ1) is 17.0. The zero-order valence-corrected chi connectivity index (χ0v) is 13.9. The second kappa shape index (κ2) is 7.07. The van der Waals surface area contributed by atoms with Crippen molar-refractivity contribution in [1.29, 1.82) is 0 Å². The fourth-order valence-corrected chi connectivity index (χ4v) is 3.67. The Kier molecular flexibility index (Phi) is 6.31. The highest BCUT2D eigenvalue weighted by Crippen LogP contribution is 2.39. The summed E-state index contributed by atoms with van der Waals surface area (Å²) in [5.41, 5.74) is 0.452. The van der Waals surface area contributed by atoms with Crippen LogP contribution in [0.2, 0.25) is 0 Å². The third kappa shape index (κ3) is 7.31. The van der Waals surface area contributed by atoms with Crippen molar-refractivity contribution < 1.29 is 8.42 Å². The quantitative estimate of drug-likeness (QED) is 0.765. The topological polar surface area (TPSA) is 46.2 Å². The molecule has 0 radical (unpaired) electrons. The van der Waals surface area contributed by atoms with E-state index in [-0.39, 0.29) is 0 Å². The van der Waals surface area contributed by atoms with Gasteiger partial charge in [0.15, 0.2) is 0 Å². The lowest BCUT2D eigenvalue weighted by Crippen LogP contribution is -2.31. The van der Waals surface area contributed by atoms with Gasteiger partial charge < -0.3 is 5.32 Å². The SMILES string of the molecule is CC(C)(C)C1CCC(CNCCCS(C)(=O)=O)CC1. The fraction of sp³-hybridized carbons (Fsp3) is 1.00. The molecule has 0 aromatic carbocycles. The summed E-state index contributed by atoms with van der Waals surface area (Å²) in [5.74, 6) is 1.96. The van der Waals surface area contributed by atoms with Gasteiger partial charge in [0.25, 0.3) is 0 Å². The maximum atomic E-state index is 11.0. The van der Waals surface area contributed by atoms with E-state index in [1.165, 1.54) is 31.9 Å². The van der Waals surface area contributed by atoms with Crippen LogP contribution in [0.1, 0.15) is 52.9 Å². The van der Waals surface area contributed by atoms with Gasteiger partial charge in [-0.3, -0.25) is 0 Å². The summed E-state index contributed by atoms with van der Waals surface area (Å²) >= 11 is 0. The average molecular weight is 289 g/mol. The summed E-state index contributed by atoms with van der Waals surface area (Å²) in [5, 5.41) is 3.42. The molecule has 0 atom stereocenters. The summed E-state index contributed by atoms with van der Waals surface area (Å²) in [6.45, 7) is 8.93. The maximum absolute atomic E-state index is 11.0. The molecule has 1 rings (SSSR count). The molecule has 114 valence electrons. The van der Waals surface area contributed by atoms with Crippen LogP contribution in [0, 0.1) is 17.3 Å². The molecule has 0 aliphatic heterocycles. The molecule has 1 aliphatic carbocycles. The molecule has 0 saturated heterocycles. The Bertz CT molecular complexity index is 349. The molecule has 4 heteroatoms. The Morgan fingerprint density at radius 1 is 1.11 bits per heavy atom. The molecule has 3 nitrogen and oxygen atoms in total. The molecule has 0 bridgehead atoms. The Labute approximate surface area is 119 Å². The van der Waals surface area contributed by atoms with E-state index in [0.717, 1.165) is 31.3 Å². The van der Waals surface area contributed by atoms with Gasteiger partial charge in [0, 0.05) is 6.26 Å². The Morgan fingerprint density at radius 3 is 2.16 bits per heavy atom. The van der Waals surface area contributed by atoms with E-state index in [1.54, 1.807) is 0 Å². The predicted octanol–water partition coefficient (Wildman–Crippen LogP) is 2.86. The molecule has 19 heavy (non-hydrogen) atoms. The van der Waals surface area contributed by atoms with Crippen molar-refractivity contribution in [2.24, 2.45) is 17.3 Å². The monoisotopic (exact) mass is 289 g/mol. The van der Waals surface area contributed by atoms with Gasteiger partial charge in [0.05, 0.1) is 5.75 Å². The van der Waals surface area contributed by atoms with Crippen LogP contribution in [0.5, 0.6) is 0 Å². The normalized spacial score (nSPS) is 25.5. The van der Waals surface area contributed by atoms with E-state index in [0.29, 0.717) is 11.2 Å². The molecule has 1 aliphatic rings. The van der Waals surface area contributed by atoms with Gasteiger partial charge in [-0.2, -0.15) is 0 Å². The third-order valence-corrected chi connectivity index (χ3v) is 5.40. The standard InChI is InChI=1S/C15H31NO2S/c1-15(2,3)14-8-6-13(7-9-14)12-16-10-5-11-19(4,17)18/h13-14,16H,5-12H2,1-4H3. The van der Waals surface area contributed by atoms with E-state index in [1.807, 2.05) is 0 Å². The lowest BCUT2D eigenvalue weighted by Gasteiger charge is -2.37. The first-order chi connectivity index (χ1) is 8.68. The summed E-state index contributed by atoms with van der Waals surface area (Å²) in [6, 6.07) is 0. The van der Waals surface area contributed by atoms with Gasteiger partial charge in [-0.1, -0.05) is 20.8 Å². The van der Waals surface area contributed by atoms with Gasteiger partial charge in [0.1, 0.15) is 9.84 Å². The Hall–Kier alpha value is -0.0900. The smallest absolute Gasteiger partial charge is 0.147 e. The number of sulfone groups is 1. The summed E-state index contributed by atoms with van der Waals surface area (Å²) in [7, 11) is -2.79. The van der Waals surface area contributed by atoms with E-state index in [4.69, 9.17) is 0 Å². The minimum absolute atomic E-state index is 0.302. The second-order valence-electron chi connectivity index (χ2n) is 7.27. The average Bonchev–Trinajstić information content (AvgIpc) is 2.26. The molecular weight excluding hydrogens is 258 g/mol. The maximum Gasteiger partial charge on any atom is 0.147 e. The zero-order chi connectivity index (χ0) is 14.5. The molecule has 0 aromatic rings. The lowest BCUT2D eigenvalue weighted by molar-refractivity contribution is 0.149. The summed E-state index contributed by atoms with van der Waals surface area (Å²) < 4.78 is 22.0. The van der Waals surface area contributed by atoms with E-state index in [9.17, 15) is 8.42 Å². The molecule has 1 saturated carbocycles. The minimum atomic E-state index is -2.79. The van der Waals surface area contributed by atoms with Gasteiger partial charge in [-0.15, -0.1) is 0 Å². The van der Waals surface area contributed by atoms with E-state index < -0.39 is 9.84 Å². The highest BCUT2D eigenvalue weighted by molar-refractivity contribution is 7.90. The van der Waals surface area contributed by atoms with Gasteiger partial charge >= 0.3 is 0 Å².